The highest BCUT2D eigenvalue weighted by Gasteiger charge is 2.54. The van der Waals surface area contributed by atoms with Gasteiger partial charge < -0.3 is 4.90 Å². The van der Waals surface area contributed by atoms with E-state index in [1.807, 2.05) is 20.8 Å². The highest BCUT2D eigenvalue weighted by atomic mass is 32.2. The van der Waals surface area contributed by atoms with Crippen LogP contribution in [0.15, 0.2) is 4.99 Å². The number of carbonyl (C=O) groups is 1. The van der Waals surface area contributed by atoms with Crippen molar-refractivity contribution in [3.05, 3.63) is 0 Å². The lowest BCUT2D eigenvalue weighted by molar-refractivity contribution is -0.124. The molecule has 2 heterocycles. The highest BCUT2D eigenvalue weighted by Crippen LogP contribution is 2.51. The molecular formula is C17H26N2O3S2. The third-order valence-electron chi connectivity index (χ3n) is 6.00. The van der Waals surface area contributed by atoms with Gasteiger partial charge in [0, 0.05) is 16.7 Å². The van der Waals surface area contributed by atoms with E-state index in [0.717, 1.165) is 17.5 Å². The Balaban J connectivity index is 1.66. The normalized spacial score (nSPS) is 42.0. The Hall–Kier alpha value is -0.560. The zero-order valence-corrected chi connectivity index (χ0v) is 16.2. The first-order valence-corrected chi connectivity index (χ1v) is 11.6. The van der Waals surface area contributed by atoms with Crippen LogP contribution in [-0.4, -0.2) is 53.2 Å². The molecule has 0 unspecified atom stereocenters. The Labute approximate surface area is 148 Å². The average Bonchev–Trinajstić information content (AvgIpc) is 3.16. The molecule has 5 nitrogen and oxygen atoms in total. The van der Waals surface area contributed by atoms with E-state index in [2.05, 4.69) is 9.89 Å². The Morgan fingerprint density at radius 1 is 1.17 bits per heavy atom. The van der Waals surface area contributed by atoms with Crippen LogP contribution in [0.5, 0.6) is 0 Å². The molecule has 7 heteroatoms. The first kappa shape index (κ1) is 16.9. The molecule has 5 atom stereocenters. The average molecular weight is 371 g/mol. The monoisotopic (exact) mass is 370 g/mol. The largest absolute Gasteiger partial charge is 0.343 e. The molecule has 2 bridgehead atoms. The summed E-state index contributed by atoms with van der Waals surface area (Å²) in [6.07, 6.45) is 4.94. The summed E-state index contributed by atoms with van der Waals surface area (Å²) in [6.45, 7) is 5.64. The first-order chi connectivity index (χ1) is 11.1. The molecule has 0 radical (unpaired) electrons. The zero-order chi connectivity index (χ0) is 17.3. The minimum absolute atomic E-state index is 0.0101. The molecule has 2 saturated heterocycles. The van der Waals surface area contributed by atoms with Crippen molar-refractivity contribution in [1.82, 2.24) is 4.90 Å². The molecule has 2 saturated carbocycles. The summed E-state index contributed by atoms with van der Waals surface area (Å²) >= 11 is 1.53. The Bertz CT molecular complexity index is 695. The van der Waals surface area contributed by atoms with Crippen LogP contribution in [0.2, 0.25) is 0 Å². The van der Waals surface area contributed by atoms with Crippen LogP contribution in [0.25, 0.3) is 0 Å². The van der Waals surface area contributed by atoms with E-state index in [4.69, 9.17) is 0 Å². The van der Waals surface area contributed by atoms with E-state index >= 15 is 0 Å². The zero-order valence-electron chi connectivity index (χ0n) is 14.6. The van der Waals surface area contributed by atoms with Gasteiger partial charge in [0.25, 0.3) is 5.91 Å². The van der Waals surface area contributed by atoms with Gasteiger partial charge >= 0.3 is 0 Å². The number of amides is 1. The van der Waals surface area contributed by atoms with E-state index < -0.39 is 15.3 Å². The molecule has 0 aromatic carbocycles. The SMILES string of the molecule is CC(C)(C)C(=O)N=C1S[C@@H]2CS(=O)(=O)C[C@H]2N1[C@H]1C[C@H]2CC[C@H]1C2. The van der Waals surface area contributed by atoms with E-state index in [0.29, 0.717) is 12.0 Å². The number of aliphatic imine (C=N–C) groups is 1. The van der Waals surface area contributed by atoms with Crippen molar-refractivity contribution in [2.24, 2.45) is 22.2 Å². The number of rotatable bonds is 1. The molecule has 4 fully saturated rings. The molecular weight excluding hydrogens is 344 g/mol. The predicted octanol–water partition coefficient (Wildman–Crippen LogP) is 2.32. The van der Waals surface area contributed by atoms with Crippen molar-refractivity contribution in [1.29, 1.82) is 0 Å². The summed E-state index contributed by atoms with van der Waals surface area (Å²) < 4.78 is 24.2. The van der Waals surface area contributed by atoms with Crippen molar-refractivity contribution < 1.29 is 13.2 Å². The number of hydrogen-bond acceptors (Lipinski definition) is 4. The minimum Gasteiger partial charge on any atom is -0.343 e. The van der Waals surface area contributed by atoms with Gasteiger partial charge in [0.2, 0.25) is 0 Å². The fraction of sp³-hybridized carbons (Fsp3) is 0.882. The molecule has 2 aliphatic carbocycles. The number of sulfone groups is 1. The standard InChI is InChI=1S/C17H26N2O3S2/c1-17(2,3)15(20)18-16-19(12-7-10-4-5-11(12)6-10)13-8-24(21,22)9-14(13)23-16/h10-14H,4-9H2,1-3H3/t10-,11-,12-,13+,14+/m0/s1. The molecule has 0 aromatic rings. The molecule has 24 heavy (non-hydrogen) atoms. The van der Waals surface area contributed by atoms with Gasteiger partial charge in [-0.05, 0) is 31.1 Å². The lowest BCUT2D eigenvalue weighted by Gasteiger charge is -2.36. The third kappa shape index (κ3) is 2.81. The van der Waals surface area contributed by atoms with Gasteiger partial charge in [-0.3, -0.25) is 4.79 Å². The Morgan fingerprint density at radius 3 is 2.50 bits per heavy atom. The van der Waals surface area contributed by atoms with Crippen LogP contribution >= 0.6 is 11.8 Å². The fourth-order valence-electron chi connectivity index (χ4n) is 4.79. The second-order valence-electron chi connectivity index (χ2n) is 8.90. The van der Waals surface area contributed by atoms with E-state index in [-0.39, 0.29) is 28.7 Å². The van der Waals surface area contributed by atoms with Crippen molar-refractivity contribution in [2.75, 3.05) is 11.5 Å². The van der Waals surface area contributed by atoms with Gasteiger partial charge in [-0.25, -0.2) is 8.42 Å². The molecule has 0 aromatic heterocycles. The van der Waals surface area contributed by atoms with Gasteiger partial charge in [-0.1, -0.05) is 39.0 Å². The molecule has 0 N–H and O–H groups in total. The summed E-state index contributed by atoms with van der Waals surface area (Å²) in [4.78, 5) is 19.2. The van der Waals surface area contributed by atoms with Gasteiger partial charge in [0.05, 0.1) is 17.5 Å². The second-order valence-corrected chi connectivity index (χ2v) is 12.3. The van der Waals surface area contributed by atoms with Gasteiger partial charge in [0.1, 0.15) is 0 Å². The maximum absolute atomic E-state index is 12.4. The van der Waals surface area contributed by atoms with Crippen molar-refractivity contribution in [3.8, 4) is 0 Å². The van der Waals surface area contributed by atoms with Crippen molar-refractivity contribution in [3.63, 3.8) is 0 Å². The molecule has 1 amide bonds. The number of hydrogen-bond donors (Lipinski definition) is 0. The maximum Gasteiger partial charge on any atom is 0.253 e. The van der Waals surface area contributed by atoms with Crippen molar-refractivity contribution >= 4 is 32.7 Å². The highest BCUT2D eigenvalue weighted by molar-refractivity contribution is 8.15. The second kappa shape index (κ2) is 5.47. The summed E-state index contributed by atoms with van der Waals surface area (Å²) in [5.74, 6) is 1.76. The molecule has 4 rings (SSSR count). The predicted molar refractivity (Wildman–Crippen MR) is 96.8 cm³/mol. The lowest BCUT2D eigenvalue weighted by Crippen LogP contribution is -2.47. The smallest absolute Gasteiger partial charge is 0.253 e. The van der Waals surface area contributed by atoms with Crippen molar-refractivity contribution in [2.45, 2.75) is 63.8 Å². The van der Waals surface area contributed by atoms with Crippen LogP contribution < -0.4 is 0 Å². The number of amidine groups is 1. The lowest BCUT2D eigenvalue weighted by atomic mass is 9.93. The van der Waals surface area contributed by atoms with Gasteiger partial charge in [0.15, 0.2) is 15.0 Å². The van der Waals surface area contributed by atoms with Crippen LogP contribution in [0, 0.1) is 17.3 Å². The van der Waals surface area contributed by atoms with E-state index in [1.54, 1.807) is 0 Å². The van der Waals surface area contributed by atoms with Crippen LogP contribution in [0.3, 0.4) is 0 Å². The Kier molecular flexibility index (Phi) is 3.85. The number of fused-ring (bicyclic) bond motifs is 3. The summed E-state index contributed by atoms with van der Waals surface area (Å²) in [5.41, 5.74) is -0.502. The molecule has 2 aliphatic heterocycles. The van der Waals surface area contributed by atoms with E-state index in [1.165, 1.54) is 31.0 Å². The summed E-state index contributed by atoms with van der Waals surface area (Å²) in [6, 6.07) is 0.391. The fourth-order valence-corrected chi connectivity index (χ4v) is 8.76. The maximum atomic E-state index is 12.4. The minimum atomic E-state index is -2.96. The van der Waals surface area contributed by atoms with E-state index in [9.17, 15) is 13.2 Å². The quantitative estimate of drug-likeness (QED) is 0.709. The van der Waals surface area contributed by atoms with Gasteiger partial charge in [-0.2, -0.15) is 4.99 Å². The molecule has 134 valence electrons. The van der Waals surface area contributed by atoms with Gasteiger partial charge in [-0.15, -0.1) is 0 Å². The number of thioether (sulfide) groups is 1. The van der Waals surface area contributed by atoms with Crippen LogP contribution in [0.1, 0.15) is 46.5 Å². The molecule has 0 spiro atoms. The Morgan fingerprint density at radius 2 is 1.92 bits per heavy atom. The topological polar surface area (TPSA) is 66.8 Å². The molecule has 4 aliphatic rings. The number of nitrogens with zero attached hydrogens (tertiary/aromatic N) is 2. The van der Waals surface area contributed by atoms with Crippen LogP contribution in [0.4, 0.5) is 0 Å². The first-order valence-electron chi connectivity index (χ1n) is 8.92. The summed E-state index contributed by atoms with van der Waals surface area (Å²) in [5, 5.41) is 0.831. The summed E-state index contributed by atoms with van der Waals surface area (Å²) in [7, 11) is -2.96. The third-order valence-corrected chi connectivity index (χ3v) is 9.23. The van der Waals surface area contributed by atoms with Crippen LogP contribution in [-0.2, 0) is 14.6 Å². The number of carbonyl (C=O) groups excluding carboxylic acids is 1.